The first-order chi connectivity index (χ1) is 7.63. The van der Waals surface area contributed by atoms with Crippen LogP contribution >= 0.6 is 11.6 Å². The van der Waals surface area contributed by atoms with Gasteiger partial charge in [0.1, 0.15) is 0 Å². The van der Waals surface area contributed by atoms with Gasteiger partial charge in [0, 0.05) is 26.4 Å². The maximum Gasteiger partial charge on any atom is 0.0860 e. The normalized spacial score (nSPS) is 13.0. The summed E-state index contributed by atoms with van der Waals surface area (Å²) in [5, 5.41) is 17.6. The molecule has 92 valence electrons. The minimum Gasteiger partial charge on any atom is -0.390 e. The van der Waals surface area contributed by atoms with Gasteiger partial charge in [-0.3, -0.25) is 4.68 Å². The molecule has 6 heteroatoms. The fraction of sp³-hybridized carbons (Fsp3) is 0.700. The molecule has 1 rings (SSSR count). The van der Waals surface area contributed by atoms with E-state index in [1.165, 1.54) is 0 Å². The predicted molar refractivity (Wildman–Crippen MR) is 62.7 cm³/mol. The average Bonchev–Trinajstić information content (AvgIpc) is 2.53. The molecule has 0 radical (unpaired) electrons. The second kappa shape index (κ2) is 6.85. The van der Waals surface area contributed by atoms with Crippen LogP contribution in [0.15, 0.2) is 6.20 Å². The van der Waals surface area contributed by atoms with Gasteiger partial charge >= 0.3 is 0 Å². The van der Waals surface area contributed by atoms with Crippen LogP contribution in [0.25, 0.3) is 0 Å². The van der Waals surface area contributed by atoms with Crippen molar-refractivity contribution in [3.8, 4) is 0 Å². The zero-order chi connectivity index (χ0) is 12.0. The molecule has 1 aromatic rings. The van der Waals surface area contributed by atoms with Gasteiger partial charge in [0.05, 0.1) is 30.0 Å². The van der Waals surface area contributed by atoms with Crippen molar-refractivity contribution in [2.45, 2.75) is 19.6 Å². The number of aliphatic hydroxyl groups is 1. The molecule has 1 atom stereocenters. The van der Waals surface area contributed by atoms with E-state index in [4.69, 9.17) is 16.3 Å². The van der Waals surface area contributed by atoms with Crippen LogP contribution in [0, 0.1) is 6.92 Å². The molecule has 0 aliphatic rings. The number of ether oxygens (including phenoxy) is 1. The van der Waals surface area contributed by atoms with Crippen LogP contribution in [0.2, 0.25) is 5.02 Å². The van der Waals surface area contributed by atoms with E-state index in [1.54, 1.807) is 18.0 Å². The van der Waals surface area contributed by atoms with E-state index >= 15 is 0 Å². The number of rotatable bonds is 7. The van der Waals surface area contributed by atoms with E-state index in [-0.39, 0.29) is 0 Å². The zero-order valence-corrected chi connectivity index (χ0v) is 10.4. The molecule has 0 aliphatic heterocycles. The second-order valence-electron chi connectivity index (χ2n) is 3.64. The summed E-state index contributed by atoms with van der Waals surface area (Å²) in [5.74, 6) is 0. The van der Waals surface area contributed by atoms with E-state index in [9.17, 15) is 5.11 Å². The lowest BCUT2D eigenvalue weighted by Crippen LogP contribution is -2.32. The first-order valence-electron chi connectivity index (χ1n) is 5.20. The highest BCUT2D eigenvalue weighted by Crippen LogP contribution is 2.11. The van der Waals surface area contributed by atoms with E-state index in [1.807, 2.05) is 6.92 Å². The number of methoxy groups -OCH3 is 1. The topological polar surface area (TPSA) is 59.3 Å². The fourth-order valence-electron chi connectivity index (χ4n) is 1.31. The van der Waals surface area contributed by atoms with Crippen LogP contribution in [-0.4, -0.2) is 47.8 Å². The van der Waals surface area contributed by atoms with Crippen LogP contribution < -0.4 is 5.32 Å². The van der Waals surface area contributed by atoms with Gasteiger partial charge < -0.3 is 15.2 Å². The van der Waals surface area contributed by atoms with Crippen molar-refractivity contribution in [3.63, 3.8) is 0 Å². The molecule has 0 aliphatic carbocycles. The number of nitrogens with one attached hydrogen (secondary N) is 1. The molecule has 5 nitrogen and oxygen atoms in total. The maximum absolute atomic E-state index is 9.69. The summed E-state index contributed by atoms with van der Waals surface area (Å²) < 4.78 is 6.53. The molecule has 0 saturated heterocycles. The number of nitrogens with zero attached hydrogens (tertiary/aromatic N) is 2. The smallest absolute Gasteiger partial charge is 0.0860 e. The Hall–Kier alpha value is -0.620. The highest BCUT2D eigenvalue weighted by atomic mass is 35.5. The van der Waals surface area contributed by atoms with E-state index in [0.29, 0.717) is 24.7 Å². The van der Waals surface area contributed by atoms with Crippen molar-refractivity contribution < 1.29 is 9.84 Å². The van der Waals surface area contributed by atoms with E-state index < -0.39 is 6.10 Å². The maximum atomic E-state index is 9.69. The van der Waals surface area contributed by atoms with Crippen molar-refractivity contribution >= 4 is 11.6 Å². The Morgan fingerprint density at radius 1 is 1.69 bits per heavy atom. The van der Waals surface area contributed by atoms with Crippen molar-refractivity contribution in [1.82, 2.24) is 15.1 Å². The lowest BCUT2D eigenvalue weighted by molar-refractivity contribution is 0.140. The number of aliphatic hydroxyl groups excluding tert-OH is 1. The molecular formula is C10H18ClN3O2. The van der Waals surface area contributed by atoms with Gasteiger partial charge in [-0.05, 0) is 6.92 Å². The Labute approximate surface area is 100 Å². The Morgan fingerprint density at radius 2 is 2.44 bits per heavy atom. The summed E-state index contributed by atoms with van der Waals surface area (Å²) in [6, 6.07) is 0. The van der Waals surface area contributed by atoms with Gasteiger partial charge in [0.15, 0.2) is 0 Å². The lowest BCUT2D eigenvalue weighted by atomic mass is 10.3. The molecule has 0 saturated carbocycles. The Balaban J connectivity index is 2.25. The van der Waals surface area contributed by atoms with Crippen LogP contribution in [0.1, 0.15) is 5.69 Å². The van der Waals surface area contributed by atoms with Gasteiger partial charge in [-0.1, -0.05) is 11.6 Å². The molecule has 2 N–H and O–H groups in total. The van der Waals surface area contributed by atoms with Gasteiger partial charge in [-0.15, -0.1) is 0 Å². The molecular weight excluding hydrogens is 230 g/mol. The first-order valence-corrected chi connectivity index (χ1v) is 5.58. The number of hydrogen-bond donors (Lipinski definition) is 2. The Morgan fingerprint density at radius 3 is 3.00 bits per heavy atom. The number of aryl methyl sites for hydroxylation is 1. The Kier molecular flexibility index (Phi) is 5.76. The van der Waals surface area contributed by atoms with Crippen LogP contribution in [0.3, 0.4) is 0 Å². The second-order valence-corrected chi connectivity index (χ2v) is 4.04. The summed E-state index contributed by atoms with van der Waals surface area (Å²) in [4.78, 5) is 0. The van der Waals surface area contributed by atoms with Crippen LogP contribution in [0.4, 0.5) is 0 Å². The van der Waals surface area contributed by atoms with Gasteiger partial charge in [0.25, 0.3) is 0 Å². The minimum atomic E-state index is -0.479. The molecule has 1 aromatic heterocycles. The lowest BCUT2D eigenvalue weighted by Gasteiger charge is -2.11. The van der Waals surface area contributed by atoms with Crippen molar-refractivity contribution in [3.05, 3.63) is 16.9 Å². The highest BCUT2D eigenvalue weighted by molar-refractivity contribution is 6.31. The van der Waals surface area contributed by atoms with Crippen molar-refractivity contribution in [2.75, 3.05) is 26.8 Å². The monoisotopic (exact) mass is 247 g/mol. The number of hydrogen-bond acceptors (Lipinski definition) is 4. The number of aromatic nitrogens is 2. The van der Waals surface area contributed by atoms with Crippen molar-refractivity contribution in [2.24, 2.45) is 0 Å². The average molecular weight is 248 g/mol. The summed E-state index contributed by atoms with van der Waals surface area (Å²) in [5.41, 5.74) is 0.779. The molecule has 0 amide bonds. The predicted octanol–water partition coefficient (Wildman–Crippen LogP) is 0.442. The molecule has 0 bridgehead atoms. The van der Waals surface area contributed by atoms with E-state index in [0.717, 1.165) is 12.2 Å². The molecule has 0 aromatic carbocycles. The van der Waals surface area contributed by atoms with Gasteiger partial charge in [0.2, 0.25) is 0 Å². The largest absolute Gasteiger partial charge is 0.390 e. The highest BCUT2D eigenvalue weighted by Gasteiger charge is 2.07. The summed E-state index contributed by atoms with van der Waals surface area (Å²) in [7, 11) is 1.65. The minimum absolute atomic E-state index is 0.438. The van der Waals surface area contributed by atoms with Crippen LogP contribution in [0.5, 0.6) is 0 Å². The third kappa shape index (κ3) is 4.49. The quantitative estimate of drug-likeness (QED) is 0.687. The summed E-state index contributed by atoms with van der Waals surface area (Å²) in [6.07, 6.45) is 1.24. The standard InChI is InChI=1S/C10H18ClN3O2/c1-8-10(11)7-14(13-8)6-9(15)5-12-3-4-16-2/h7,9,12,15H,3-6H2,1-2H3. The Bertz CT molecular complexity index is 298. The first kappa shape index (κ1) is 13.4. The SMILES string of the molecule is COCCNCC(O)Cn1cc(Cl)c(C)n1. The van der Waals surface area contributed by atoms with Gasteiger partial charge in [-0.2, -0.15) is 5.10 Å². The fourth-order valence-corrected chi connectivity index (χ4v) is 1.46. The van der Waals surface area contributed by atoms with Gasteiger partial charge in [-0.25, -0.2) is 0 Å². The third-order valence-corrected chi connectivity index (χ3v) is 2.52. The third-order valence-electron chi connectivity index (χ3n) is 2.15. The molecule has 0 spiro atoms. The summed E-state index contributed by atoms with van der Waals surface area (Å²) >= 11 is 5.86. The number of halogens is 1. The van der Waals surface area contributed by atoms with E-state index in [2.05, 4.69) is 10.4 Å². The molecule has 1 unspecified atom stereocenters. The summed E-state index contributed by atoms with van der Waals surface area (Å²) in [6.45, 7) is 4.15. The molecule has 16 heavy (non-hydrogen) atoms. The van der Waals surface area contributed by atoms with Crippen LogP contribution in [-0.2, 0) is 11.3 Å². The van der Waals surface area contributed by atoms with Crippen molar-refractivity contribution in [1.29, 1.82) is 0 Å². The zero-order valence-electron chi connectivity index (χ0n) is 9.61. The molecule has 1 heterocycles. The molecule has 0 fully saturated rings.